The lowest BCUT2D eigenvalue weighted by Crippen LogP contribution is -1.96. The van der Waals surface area contributed by atoms with Crippen LogP contribution in [0.2, 0.25) is 0 Å². The Morgan fingerprint density at radius 2 is 0.872 bits per heavy atom. The first-order chi connectivity index (χ1) is 19.3. The molecular formula is C37H26N2. The van der Waals surface area contributed by atoms with Gasteiger partial charge in [0, 0.05) is 21.5 Å². The number of nitrogens with zero attached hydrogens (tertiary/aromatic N) is 2. The van der Waals surface area contributed by atoms with E-state index in [4.69, 9.17) is 0 Å². The van der Waals surface area contributed by atoms with E-state index in [1.54, 1.807) is 0 Å². The van der Waals surface area contributed by atoms with Crippen LogP contribution in [-0.4, -0.2) is 8.80 Å². The Bertz CT molecular complexity index is 2270. The number of aryl methyl sites for hydroxylation is 1. The van der Waals surface area contributed by atoms with Crippen LogP contribution in [-0.2, 0) is 0 Å². The lowest BCUT2D eigenvalue weighted by atomic mass is 10.0. The van der Waals surface area contributed by atoms with Gasteiger partial charge in [-0.15, -0.1) is 0 Å². The van der Waals surface area contributed by atoms with Crippen LogP contribution in [0.3, 0.4) is 0 Å². The second-order valence-corrected chi connectivity index (χ2v) is 10.3. The molecule has 9 aromatic rings. The van der Waals surface area contributed by atoms with E-state index in [1.807, 2.05) is 18.2 Å². The molecule has 39 heavy (non-hydrogen) atoms. The van der Waals surface area contributed by atoms with Crippen molar-refractivity contribution in [2.45, 2.75) is 6.92 Å². The molecule has 0 amide bonds. The minimum atomic E-state index is 1.24. The predicted molar refractivity (Wildman–Crippen MR) is 166 cm³/mol. The molecule has 3 heterocycles. The highest BCUT2D eigenvalue weighted by atomic mass is 15.0. The van der Waals surface area contributed by atoms with E-state index in [9.17, 15) is 0 Å². The van der Waals surface area contributed by atoms with Gasteiger partial charge in [0.15, 0.2) is 0 Å². The van der Waals surface area contributed by atoms with Crippen molar-refractivity contribution in [3.8, 4) is 11.1 Å². The highest BCUT2D eigenvalue weighted by molar-refractivity contribution is 6.25. The minimum absolute atomic E-state index is 1.24. The third-order valence-corrected chi connectivity index (χ3v) is 7.97. The molecule has 0 N–H and O–H groups in total. The molecule has 6 aromatic carbocycles. The van der Waals surface area contributed by atoms with Crippen LogP contribution in [0.25, 0.3) is 65.8 Å². The quantitative estimate of drug-likeness (QED) is 0.199. The summed E-state index contributed by atoms with van der Waals surface area (Å²) in [6.07, 6.45) is 0. The fourth-order valence-electron chi connectivity index (χ4n) is 6.24. The van der Waals surface area contributed by atoms with Gasteiger partial charge in [-0.3, -0.25) is 0 Å². The first kappa shape index (κ1) is 22.0. The summed E-state index contributed by atoms with van der Waals surface area (Å²) in [7, 11) is 0. The van der Waals surface area contributed by atoms with Gasteiger partial charge in [0.1, 0.15) is 0 Å². The van der Waals surface area contributed by atoms with Gasteiger partial charge in [0.25, 0.3) is 0 Å². The summed E-state index contributed by atoms with van der Waals surface area (Å²) < 4.78 is 4.93. The maximum absolute atomic E-state index is 2.47. The van der Waals surface area contributed by atoms with Crippen LogP contribution in [0.1, 0.15) is 5.56 Å². The molecule has 0 aliphatic rings. The van der Waals surface area contributed by atoms with Crippen molar-refractivity contribution < 1.29 is 0 Å². The minimum Gasteiger partial charge on any atom is -0.305 e. The summed E-state index contributed by atoms with van der Waals surface area (Å²) in [4.78, 5) is 0. The third kappa shape index (κ3) is 3.22. The van der Waals surface area contributed by atoms with Gasteiger partial charge < -0.3 is 8.80 Å². The number of hydrogen-bond donors (Lipinski definition) is 0. The van der Waals surface area contributed by atoms with Crippen molar-refractivity contribution in [3.05, 3.63) is 145 Å². The molecule has 3 aromatic heterocycles. The zero-order valence-electron chi connectivity index (χ0n) is 21.7. The standard InChI is InChI=1S/C30H18N2.C7H8/c1-2-8-19(9-3-1)20-14-17-26-24(18-20)23-16-15-22-21-10-4-5-11-25(21)31-27-12-6-7-13-28(27)32(26)30(23)29(22)31;1-7-5-3-2-4-6-7/h1-18H;2-6H,1H3. The highest BCUT2D eigenvalue weighted by Gasteiger charge is 2.21. The van der Waals surface area contributed by atoms with Crippen molar-refractivity contribution in [1.29, 1.82) is 0 Å². The fraction of sp³-hybridized carbons (Fsp3) is 0.0270. The molecule has 2 nitrogen and oxygen atoms in total. The summed E-state index contributed by atoms with van der Waals surface area (Å²) in [6, 6.07) is 50.0. The zero-order valence-corrected chi connectivity index (χ0v) is 21.7. The lowest BCUT2D eigenvalue weighted by Gasteiger charge is -2.11. The van der Waals surface area contributed by atoms with E-state index >= 15 is 0 Å². The summed E-state index contributed by atoms with van der Waals surface area (Å²) >= 11 is 0. The summed E-state index contributed by atoms with van der Waals surface area (Å²) in [6.45, 7) is 2.08. The van der Waals surface area contributed by atoms with Crippen LogP contribution in [0, 0.1) is 6.92 Å². The normalized spacial score (nSPS) is 11.7. The predicted octanol–water partition coefficient (Wildman–Crippen LogP) is 9.90. The molecule has 184 valence electrons. The van der Waals surface area contributed by atoms with Crippen LogP contribution in [0.5, 0.6) is 0 Å². The van der Waals surface area contributed by atoms with Gasteiger partial charge in [-0.1, -0.05) is 115 Å². The SMILES string of the molecule is Cc1ccccc1.c1ccc(-c2ccc3c(c2)c2ccc4c5ccccc5n5c6ccccc6n3c2c45)cc1. The molecule has 2 heteroatoms. The Morgan fingerprint density at radius 1 is 0.359 bits per heavy atom. The molecule has 0 saturated heterocycles. The van der Waals surface area contributed by atoms with Gasteiger partial charge in [0.05, 0.1) is 33.1 Å². The number of para-hydroxylation sites is 3. The highest BCUT2D eigenvalue weighted by Crippen LogP contribution is 2.42. The van der Waals surface area contributed by atoms with Crippen LogP contribution in [0.4, 0.5) is 0 Å². The largest absolute Gasteiger partial charge is 0.305 e. The average Bonchev–Trinajstić information content (AvgIpc) is 3.51. The van der Waals surface area contributed by atoms with E-state index < -0.39 is 0 Å². The molecular weight excluding hydrogens is 472 g/mol. The van der Waals surface area contributed by atoms with Crippen molar-refractivity contribution in [3.63, 3.8) is 0 Å². The van der Waals surface area contributed by atoms with E-state index in [2.05, 4.69) is 137 Å². The molecule has 0 saturated carbocycles. The maximum Gasteiger partial charge on any atom is 0.0789 e. The van der Waals surface area contributed by atoms with Gasteiger partial charge in [-0.05, 0) is 48.4 Å². The molecule has 0 aliphatic carbocycles. The second kappa shape index (κ2) is 8.47. The van der Waals surface area contributed by atoms with Gasteiger partial charge in [-0.25, -0.2) is 0 Å². The topological polar surface area (TPSA) is 8.82 Å². The van der Waals surface area contributed by atoms with E-state index in [0.29, 0.717) is 0 Å². The average molecular weight is 499 g/mol. The van der Waals surface area contributed by atoms with Gasteiger partial charge in [-0.2, -0.15) is 0 Å². The smallest absolute Gasteiger partial charge is 0.0789 e. The molecule has 0 unspecified atom stereocenters. The monoisotopic (exact) mass is 498 g/mol. The third-order valence-electron chi connectivity index (χ3n) is 7.97. The number of hydrogen-bond acceptors (Lipinski definition) is 0. The van der Waals surface area contributed by atoms with E-state index in [1.165, 1.54) is 71.3 Å². The van der Waals surface area contributed by atoms with Gasteiger partial charge in [0.2, 0.25) is 0 Å². The fourth-order valence-corrected chi connectivity index (χ4v) is 6.24. The van der Waals surface area contributed by atoms with Crippen LogP contribution >= 0.6 is 0 Å². The lowest BCUT2D eigenvalue weighted by molar-refractivity contribution is 1.25. The van der Waals surface area contributed by atoms with Crippen molar-refractivity contribution in [2.75, 3.05) is 0 Å². The number of aromatic nitrogens is 2. The molecule has 0 atom stereocenters. The number of fused-ring (bicyclic) bond motifs is 9. The Morgan fingerprint density at radius 3 is 1.49 bits per heavy atom. The molecule has 9 rings (SSSR count). The summed E-state index contributed by atoms with van der Waals surface area (Å²) in [5.74, 6) is 0. The van der Waals surface area contributed by atoms with Crippen LogP contribution < -0.4 is 0 Å². The number of benzene rings is 6. The van der Waals surface area contributed by atoms with Crippen LogP contribution in [0.15, 0.2) is 140 Å². The summed E-state index contributed by atoms with van der Waals surface area (Å²) in [5, 5.41) is 5.23. The molecule has 0 aliphatic heterocycles. The Hall–Kier alpha value is -5.08. The number of rotatable bonds is 1. The first-order valence-corrected chi connectivity index (χ1v) is 13.5. The van der Waals surface area contributed by atoms with E-state index in [-0.39, 0.29) is 0 Å². The second-order valence-electron chi connectivity index (χ2n) is 10.3. The van der Waals surface area contributed by atoms with Gasteiger partial charge >= 0.3 is 0 Å². The Kier molecular flexibility index (Phi) is 4.77. The first-order valence-electron chi connectivity index (χ1n) is 13.5. The van der Waals surface area contributed by atoms with Crippen molar-refractivity contribution >= 4 is 54.6 Å². The molecule has 0 radical (unpaired) electrons. The maximum atomic E-state index is 2.47. The Balaban J connectivity index is 0.000000296. The van der Waals surface area contributed by atoms with Crippen molar-refractivity contribution in [1.82, 2.24) is 8.80 Å². The molecule has 0 spiro atoms. The van der Waals surface area contributed by atoms with E-state index in [0.717, 1.165) is 0 Å². The molecule has 0 bridgehead atoms. The molecule has 0 fully saturated rings. The van der Waals surface area contributed by atoms with Crippen molar-refractivity contribution in [2.24, 2.45) is 0 Å². The Labute approximate surface area is 226 Å². The summed E-state index contributed by atoms with van der Waals surface area (Å²) in [5.41, 5.74) is 11.4. The zero-order chi connectivity index (χ0) is 25.9.